The normalized spacial score (nSPS) is 10.3. The van der Waals surface area contributed by atoms with Crippen molar-refractivity contribution in [1.82, 2.24) is 10.9 Å². The van der Waals surface area contributed by atoms with Gasteiger partial charge in [-0.2, -0.15) is 0 Å². The Morgan fingerprint density at radius 1 is 0.538 bits per heavy atom. The molecule has 10 nitrogen and oxygen atoms in total. The van der Waals surface area contributed by atoms with Crippen LogP contribution in [0.4, 0.5) is 5.69 Å². The second-order valence-corrected chi connectivity index (χ2v) is 8.00. The van der Waals surface area contributed by atoms with Gasteiger partial charge in [0.25, 0.3) is 17.7 Å². The summed E-state index contributed by atoms with van der Waals surface area (Å²) in [7, 11) is 0. The van der Waals surface area contributed by atoms with Crippen LogP contribution in [0.3, 0.4) is 0 Å². The van der Waals surface area contributed by atoms with E-state index in [1.807, 2.05) is 27.7 Å². The zero-order valence-corrected chi connectivity index (χ0v) is 22.5. The van der Waals surface area contributed by atoms with Gasteiger partial charge in [0.15, 0.2) is 23.0 Å². The van der Waals surface area contributed by atoms with Crippen LogP contribution < -0.4 is 35.1 Å². The Hall–Kier alpha value is -4.73. The van der Waals surface area contributed by atoms with Crippen LogP contribution in [0.2, 0.25) is 0 Å². The summed E-state index contributed by atoms with van der Waals surface area (Å²) in [5, 5.41) is 2.77. The van der Waals surface area contributed by atoms with E-state index in [1.165, 1.54) is 6.07 Å². The second-order valence-electron chi connectivity index (χ2n) is 8.00. The van der Waals surface area contributed by atoms with E-state index in [1.54, 1.807) is 54.6 Å². The van der Waals surface area contributed by atoms with Crippen LogP contribution >= 0.6 is 0 Å². The number of hydrogen-bond donors (Lipinski definition) is 3. The molecule has 0 heterocycles. The third-order valence-electron chi connectivity index (χ3n) is 5.28. The van der Waals surface area contributed by atoms with Gasteiger partial charge in [-0.3, -0.25) is 25.2 Å². The molecular weight excluding hydrogens is 502 g/mol. The average molecular weight is 536 g/mol. The van der Waals surface area contributed by atoms with E-state index in [2.05, 4.69) is 16.2 Å². The molecule has 0 bridgehead atoms. The highest BCUT2D eigenvalue weighted by Gasteiger charge is 2.15. The molecule has 3 N–H and O–H groups in total. The largest absolute Gasteiger partial charge is 0.490 e. The molecule has 0 saturated carbocycles. The first-order valence-electron chi connectivity index (χ1n) is 12.7. The van der Waals surface area contributed by atoms with Gasteiger partial charge in [-0.05, 0) is 82.3 Å². The summed E-state index contributed by atoms with van der Waals surface area (Å²) in [6.07, 6.45) is 0. The molecule has 10 heteroatoms. The van der Waals surface area contributed by atoms with Crippen molar-refractivity contribution in [1.29, 1.82) is 0 Å². The molecule has 0 unspecified atom stereocenters. The fraction of sp³-hybridized carbons (Fsp3) is 0.276. The van der Waals surface area contributed by atoms with Gasteiger partial charge in [0, 0.05) is 22.4 Å². The maximum absolute atomic E-state index is 12.8. The van der Waals surface area contributed by atoms with Crippen LogP contribution in [0.25, 0.3) is 0 Å². The maximum atomic E-state index is 12.8. The molecule has 0 aliphatic rings. The third-order valence-corrected chi connectivity index (χ3v) is 5.28. The molecule has 39 heavy (non-hydrogen) atoms. The summed E-state index contributed by atoms with van der Waals surface area (Å²) < 4.78 is 22.2. The number of ether oxygens (including phenoxy) is 4. The summed E-state index contributed by atoms with van der Waals surface area (Å²) in [5.74, 6) is 0.506. The van der Waals surface area contributed by atoms with Gasteiger partial charge in [0.2, 0.25) is 0 Å². The number of hydrogen-bond acceptors (Lipinski definition) is 7. The molecular formula is C29H33N3O7. The van der Waals surface area contributed by atoms with Crippen LogP contribution in [-0.4, -0.2) is 44.1 Å². The SMILES string of the molecule is CCOc1ccc(C(=O)NNC(=O)c2cccc(NC(=O)c3ccc(OCC)c(OCC)c3)c2)cc1OCC. The van der Waals surface area contributed by atoms with Gasteiger partial charge < -0.3 is 24.3 Å². The van der Waals surface area contributed by atoms with Gasteiger partial charge in [0.1, 0.15) is 0 Å². The van der Waals surface area contributed by atoms with Crippen molar-refractivity contribution in [2.75, 3.05) is 31.7 Å². The molecule has 0 aliphatic heterocycles. The van der Waals surface area contributed by atoms with E-state index in [9.17, 15) is 14.4 Å². The summed E-state index contributed by atoms with van der Waals surface area (Å²) in [4.78, 5) is 38.2. The molecule has 3 aromatic rings. The fourth-order valence-electron chi connectivity index (χ4n) is 3.58. The first-order chi connectivity index (χ1) is 18.9. The number of hydrazine groups is 1. The molecule has 0 saturated heterocycles. The van der Waals surface area contributed by atoms with Gasteiger partial charge in [-0.15, -0.1) is 0 Å². The fourth-order valence-corrected chi connectivity index (χ4v) is 3.58. The molecule has 3 rings (SSSR count). The molecule has 0 aliphatic carbocycles. The topological polar surface area (TPSA) is 124 Å². The lowest BCUT2D eigenvalue weighted by molar-refractivity contribution is 0.0846. The van der Waals surface area contributed by atoms with E-state index in [-0.39, 0.29) is 17.0 Å². The highest BCUT2D eigenvalue weighted by atomic mass is 16.5. The van der Waals surface area contributed by atoms with Crippen LogP contribution in [0.1, 0.15) is 58.8 Å². The number of rotatable bonds is 12. The molecule has 0 aromatic heterocycles. The minimum atomic E-state index is -0.560. The predicted octanol–water partition coefficient (Wildman–Crippen LogP) is 4.61. The molecule has 0 radical (unpaired) electrons. The number of benzene rings is 3. The predicted molar refractivity (Wildman–Crippen MR) is 147 cm³/mol. The summed E-state index contributed by atoms with van der Waals surface area (Å²) >= 11 is 0. The van der Waals surface area contributed by atoms with Crippen molar-refractivity contribution in [3.8, 4) is 23.0 Å². The van der Waals surface area contributed by atoms with E-state index < -0.39 is 11.8 Å². The zero-order chi connectivity index (χ0) is 28.2. The lowest BCUT2D eigenvalue weighted by atomic mass is 10.1. The first-order valence-corrected chi connectivity index (χ1v) is 12.7. The third kappa shape index (κ3) is 7.88. The van der Waals surface area contributed by atoms with E-state index in [0.29, 0.717) is 60.7 Å². The monoisotopic (exact) mass is 535 g/mol. The molecule has 3 aromatic carbocycles. The standard InChI is InChI=1S/C29H33N3O7/c1-5-36-23-14-12-20(17-25(23)38-7-3)27(33)30-22-11-9-10-19(16-22)28(34)31-32-29(35)21-13-15-24(37-6-2)26(18-21)39-8-4/h9-18H,5-8H2,1-4H3,(H,30,33)(H,31,34)(H,32,35). The van der Waals surface area contributed by atoms with Crippen molar-refractivity contribution >= 4 is 23.4 Å². The minimum absolute atomic E-state index is 0.233. The lowest BCUT2D eigenvalue weighted by Gasteiger charge is -2.13. The molecule has 0 spiro atoms. The Labute approximate surface area is 227 Å². The summed E-state index contributed by atoms with van der Waals surface area (Å²) in [5.41, 5.74) is 6.06. The molecule has 3 amide bonds. The Morgan fingerprint density at radius 2 is 0.974 bits per heavy atom. The van der Waals surface area contributed by atoms with E-state index >= 15 is 0 Å². The van der Waals surface area contributed by atoms with Gasteiger partial charge in [-0.25, -0.2) is 0 Å². The van der Waals surface area contributed by atoms with Crippen molar-refractivity contribution in [3.63, 3.8) is 0 Å². The van der Waals surface area contributed by atoms with E-state index in [0.717, 1.165) is 0 Å². The Bertz CT molecular complexity index is 1310. The van der Waals surface area contributed by atoms with E-state index in [4.69, 9.17) is 18.9 Å². The van der Waals surface area contributed by atoms with Crippen molar-refractivity contribution in [2.45, 2.75) is 27.7 Å². The second kappa shape index (κ2) is 14.3. The van der Waals surface area contributed by atoms with Gasteiger partial charge in [0.05, 0.1) is 26.4 Å². The van der Waals surface area contributed by atoms with Crippen LogP contribution in [0, 0.1) is 0 Å². The molecule has 206 valence electrons. The van der Waals surface area contributed by atoms with Crippen LogP contribution in [0.5, 0.6) is 23.0 Å². The van der Waals surface area contributed by atoms with Crippen molar-refractivity contribution < 1.29 is 33.3 Å². The van der Waals surface area contributed by atoms with Crippen molar-refractivity contribution in [3.05, 3.63) is 77.4 Å². The number of nitrogens with one attached hydrogen (secondary N) is 3. The molecule has 0 atom stereocenters. The number of carbonyl (C=O) groups excluding carboxylic acids is 3. The first kappa shape index (κ1) is 28.8. The average Bonchev–Trinajstić information content (AvgIpc) is 2.94. The Kier molecular flexibility index (Phi) is 10.6. The Balaban J connectivity index is 1.65. The highest BCUT2D eigenvalue weighted by molar-refractivity contribution is 6.05. The smallest absolute Gasteiger partial charge is 0.269 e. The summed E-state index contributed by atoms with van der Waals surface area (Å²) in [6.45, 7) is 9.14. The highest BCUT2D eigenvalue weighted by Crippen LogP contribution is 2.29. The van der Waals surface area contributed by atoms with Gasteiger partial charge in [-0.1, -0.05) is 6.07 Å². The summed E-state index contributed by atoms with van der Waals surface area (Å²) in [6, 6.07) is 16.0. The number of amides is 3. The zero-order valence-electron chi connectivity index (χ0n) is 22.5. The lowest BCUT2D eigenvalue weighted by Crippen LogP contribution is -2.41. The quantitative estimate of drug-likeness (QED) is 0.289. The number of anilines is 1. The maximum Gasteiger partial charge on any atom is 0.269 e. The van der Waals surface area contributed by atoms with Crippen molar-refractivity contribution in [2.24, 2.45) is 0 Å². The van der Waals surface area contributed by atoms with Crippen LogP contribution in [0.15, 0.2) is 60.7 Å². The minimum Gasteiger partial charge on any atom is -0.490 e. The van der Waals surface area contributed by atoms with Crippen LogP contribution in [-0.2, 0) is 0 Å². The van der Waals surface area contributed by atoms with Gasteiger partial charge >= 0.3 is 0 Å². The Morgan fingerprint density at radius 3 is 1.46 bits per heavy atom. The number of carbonyl (C=O) groups is 3. The molecule has 0 fully saturated rings.